The Kier molecular flexibility index (Phi) is 3.26. The molecule has 0 aromatic heterocycles. The molecule has 3 nitrogen and oxygen atoms in total. The lowest BCUT2D eigenvalue weighted by Gasteiger charge is -2.04. The summed E-state index contributed by atoms with van der Waals surface area (Å²) in [4.78, 5) is 0.267. The van der Waals surface area contributed by atoms with E-state index >= 15 is 0 Å². The fraction of sp³-hybridized carbons (Fsp3) is 0.0769. The van der Waals surface area contributed by atoms with Gasteiger partial charge in [-0.15, -0.1) is 0 Å². The van der Waals surface area contributed by atoms with Crippen LogP contribution in [0, 0.1) is 6.07 Å². The van der Waals surface area contributed by atoms with E-state index in [1.54, 1.807) is 24.3 Å². The van der Waals surface area contributed by atoms with E-state index in [2.05, 4.69) is 10.8 Å². The molecule has 0 saturated carbocycles. The van der Waals surface area contributed by atoms with Crippen LogP contribution in [0.2, 0.25) is 0 Å². The molecule has 2 aromatic rings. The number of rotatable bonds is 3. The predicted molar refractivity (Wildman–Crippen MR) is 67.0 cm³/mol. The van der Waals surface area contributed by atoms with Crippen LogP contribution in [0.1, 0.15) is 0 Å². The molecule has 0 atom stereocenters. The van der Waals surface area contributed by atoms with Crippen molar-refractivity contribution in [1.29, 1.82) is 0 Å². The first-order valence-electron chi connectivity index (χ1n) is 5.13. The van der Waals surface area contributed by atoms with Crippen molar-refractivity contribution in [3.8, 4) is 11.1 Å². The average Bonchev–Trinajstić information content (AvgIpc) is 2.40. The highest BCUT2D eigenvalue weighted by molar-refractivity contribution is 7.89. The van der Waals surface area contributed by atoms with Gasteiger partial charge in [0.1, 0.15) is 0 Å². The Morgan fingerprint density at radius 3 is 2.29 bits per heavy atom. The van der Waals surface area contributed by atoms with Crippen LogP contribution >= 0.6 is 0 Å². The van der Waals surface area contributed by atoms with Gasteiger partial charge < -0.3 is 0 Å². The van der Waals surface area contributed by atoms with Crippen LogP contribution in [0.3, 0.4) is 0 Å². The Balaban J connectivity index is 2.38. The smallest absolute Gasteiger partial charge is 0.214 e. The largest absolute Gasteiger partial charge is 0.240 e. The van der Waals surface area contributed by atoms with E-state index in [1.807, 2.05) is 24.3 Å². The molecule has 1 radical (unpaired) electrons. The van der Waals surface area contributed by atoms with Gasteiger partial charge in [0.2, 0.25) is 10.0 Å². The van der Waals surface area contributed by atoms with Crippen LogP contribution < -0.4 is 4.72 Å². The molecule has 0 unspecified atom stereocenters. The predicted octanol–water partition coefficient (Wildman–Crippen LogP) is 2.06. The van der Waals surface area contributed by atoms with Gasteiger partial charge in [-0.05, 0) is 42.4 Å². The summed E-state index contributed by atoms with van der Waals surface area (Å²) in [6, 6.07) is 17.3. The zero-order chi connectivity index (χ0) is 12.3. The van der Waals surface area contributed by atoms with Crippen LogP contribution in [0.5, 0.6) is 0 Å². The lowest BCUT2D eigenvalue weighted by molar-refractivity contribution is 0.588. The van der Waals surface area contributed by atoms with Gasteiger partial charge >= 0.3 is 0 Å². The van der Waals surface area contributed by atoms with Crippen LogP contribution in [-0.2, 0) is 10.0 Å². The van der Waals surface area contributed by atoms with E-state index in [0.717, 1.165) is 11.1 Å². The van der Waals surface area contributed by atoms with Crippen LogP contribution in [-0.4, -0.2) is 15.5 Å². The first kappa shape index (κ1) is 11.8. The van der Waals surface area contributed by atoms with Crippen molar-refractivity contribution in [3.63, 3.8) is 0 Å². The third-order valence-electron chi connectivity index (χ3n) is 2.47. The Hall–Kier alpha value is -1.65. The second-order valence-corrected chi connectivity index (χ2v) is 5.41. The number of benzene rings is 2. The highest BCUT2D eigenvalue weighted by Crippen LogP contribution is 2.20. The number of hydrogen-bond acceptors (Lipinski definition) is 2. The molecule has 0 fully saturated rings. The zero-order valence-corrected chi connectivity index (χ0v) is 10.2. The molecular formula is C13H12NO2S. The topological polar surface area (TPSA) is 46.2 Å². The Bertz CT molecular complexity index is 589. The second-order valence-electron chi connectivity index (χ2n) is 3.52. The molecule has 0 aliphatic heterocycles. The number of hydrogen-bond donors (Lipinski definition) is 1. The Morgan fingerprint density at radius 1 is 1.06 bits per heavy atom. The summed E-state index contributed by atoms with van der Waals surface area (Å²) >= 11 is 0. The van der Waals surface area contributed by atoms with Gasteiger partial charge in [-0.3, -0.25) is 0 Å². The molecular weight excluding hydrogens is 234 g/mol. The molecule has 1 N–H and O–H groups in total. The molecule has 4 heteroatoms. The maximum Gasteiger partial charge on any atom is 0.240 e. The van der Waals surface area contributed by atoms with Gasteiger partial charge in [-0.2, -0.15) is 0 Å². The summed E-state index contributed by atoms with van der Waals surface area (Å²) in [5.41, 5.74) is 1.98. The van der Waals surface area contributed by atoms with Gasteiger partial charge in [0.05, 0.1) is 4.90 Å². The van der Waals surface area contributed by atoms with Crippen LogP contribution in [0.25, 0.3) is 11.1 Å². The molecule has 0 aliphatic carbocycles. The van der Waals surface area contributed by atoms with Crippen molar-refractivity contribution in [3.05, 3.63) is 54.6 Å². The third kappa shape index (κ3) is 2.54. The molecule has 0 bridgehead atoms. The van der Waals surface area contributed by atoms with Gasteiger partial charge in [0, 0.05) is 0 Å². The zero-order valence-electron chi connectivity index (χ0n) is 9.34. The van der Waals surface area contributed by atoms with Crippen LogP contribution in [0.15, 0.2) is 53.4 Å². The van der Waals surface area contributed by atoms with Crippen molar-refractivity contribution < 1.29 is 8.42 Å². The summed E-state index contributed by atoms with van der Waals surface area (Å²) < 4.78 is 25.3. The summed E-state index contributed by atoms with van der Waals surface area (Å²) in [6.07, 6.45) is 0. The number of nitrogens with one attached hydrogen (secondary N) is 1. The maximum absolute atomic E-state index is 11.5. The van der Waals surface area contributed by atoms with E-state index < -0.39 is 10.0 Å². The van der Waals surface area contributed by atoms with Gasteiger partial charge in [0.25, 0.3) is 0 Å². The average molecular weight is 246 g/mol. The van der Waals surface area contributed by atoms with Gasteiger partial charge in [0.15, 0.2) is 0 Å². The quantitative estimate of drug-likeness (QED) is 0.901. The molecule has 0 amide bonds. The van der Waals surface area contributed by atoms with E-state index in [9.17, 15) is 8.42 Å². The molecule has 17 heavy (non-hydrogen) atoms. The van der Waals surface area contributed by atoms with E-state index in [1.165, 1.54) is 7.05 Å². The normalized spacial score (nSPS) is 11.4. The van der Waals surface area contributed by atoms with Crippen molar-refractivity contribution in [1.82, 2.24) is 4.72 Å². The molecule has 0 spiro atoms. The first-order chi connectivity index (χ1) is 8.13. The standard InChI is InChI=1S/C13H12NO2S/c1-14-17(15,16)13-9-7-12(8-10-13)11-5-3-2-4-6-11/h2-3,5-10,14H,1H3. The number of sulfonamides is 1. The molecule has 0 saturated heterocycles. The lowest BCUT2D eigenvalue weighted by atomic mass is 10.1. The Morgan fingerprint density at radius 2 is 1.76 bits per heavy atom. The second kappa shape index (κ2) is 4.69. The first-order valence-corrected chi connectivity index (χ1v) is 6.62. The van der Waals surface area contributed by atoms with Crippen molar-refractivity contribution in [2.45, 2.75) is 4.90 Å². The van der Waals surface area contributed by atoms with Crippen molar-refractivity contribution in [2.75, 3.05) is 7.05 Å². The lowest BCUT2D eigenvalue weighted by Crippen LogP contribution is -2.18. The SMILES string of the molecule is CNS(=O)(=O)c1ccc(-c2c[c]ccc2)cc1. The molecule has 2 rings (SSSR count). The summed E-state index contributed by atoms with van der Waals surface area (Å²) in [7, 11) is -1.96. The van der Waals surface area contributed by atoms with E-state index in [-0.39, 0.29) is 4.90 Å². The molecule has 87 valence electrons. The third-order valence-corrected chi connectivity index (χ3v) is 3.90. The monoisotopic (exact) mass is 246 g/mol. The molecule has 0 aliphatic rings. The maximum atomic E-state index is 11.5. The summed E-state index contributed by atoms with van der Waals surface area (Å²) in [5, 5.41) is 0. The van der Waals surface area contributed by atoms with Crippen molar-refractivity contribution in [2.24, 2.45) is 0 Å². The minimum Gasteiger partial charge on any atom is -0.214 e. The van der Waals surface area contributed by atoms with Crippen LogP contribution in [0.4, 0.5) is 0 Å². The van der Waals surface area contributed by atoms with Gasteiger partial charge in [-0.1, -0.05) is 30.3 Å². The highest BCUT2D eigenvalue weighted by atomic mass is 32.2. The van der Waals surface area contributed by atoms with E-state index in [4.69, 9.17) is 0 Å². The summed E-state index contributed by atoms with van der Waals surface area (Å²) in [6.45, 7) is 0. The van der Waals surface area contributed by atoms with Gasteiger partial charge in [-0.25, -0.2) is 13.1 Å². The highest BCUT2D eigenvalue weighted by Gasteiger charge is 2.10. The fourth-order valence-corrected chi connectivity index (χ4v) is 2.25. The fourth-order valence-electron chi connectivity index (χ4n) is 1.52. The minimum absolute atomic E-state index is 0.267. The molecule has 2 aromatic carbocycles. The minimum atomic E-state index is -3.35. The summed E-state index contributed by atoms with van der Waals surface area (Å²) in [5.74, 6) is 0. The Labute approximate surface area is 101 Å². The van der Waals surface area contributed by atoms with E-state index in [0.29, 0.717) is 0 Å². The van der Waals surface area contributed by atoms with Crippen molar-refractivity contribution >= 4 is 10.0 Å². The molecule has 0 heterocycles.